The molecule has 0 saturated carbocycles. The number of hydrogen-bond acceptors (Lipinski definition) is 6. The zero-order chi connectivity index (χ0) is 21.3. The third kappa shape index (κ3) is 4.28. The van der Waals surface area contributed by atoms with E-state index in [4.69, 9.17) is 10.1 Å². The van der Waals surface area contributed by atoms with E-state index in [0.717, 1.165) is 37.1 Å². The number of primary sulfonamides is 1. The van der Waals surface area contributed by atoms with Crippen molar-refractivity contribution in [3.63, 3.8) is 0 Å². The van der Waals surface area contributed by atoms with E-state index in [-0.39, 0.29) is 10.8 Å². The maximum Gasteiger partial charge on any atom is 0.259 e. The predicted molar refractivity (Wildman–Crippen MR) is 117 cm³/mol. The summed E-state index contributed by atoms with van der Waals surface area (Å²) in [4.78, 5) is 22.2. The Bertz CT molecular complexity index is 1200. The van der Waals surface area contributed by atoms with Gasteiger partial charge in [0.15, 0.2) is 0 Å². The number of anilines is 2. The first-order valence-electron chi connectivity index (χ1n) is 9.59. The van der Waals surface area contributed by atoms with Crippen molar-refractivity contribution in [1.82, 2.24) is 9.88 Å². The number of aromatic nitrogens is 1. The molecule has 1 saturated heterocycles. The van der Waals surface area contributed by atoms with E-state index in [1.807, 2.05) is 30.3 Å². The van der Waals surface area contributed by atoms with Gasteiger partial charge in [-0.3, -0.25) is 4.79 Å². The van der Waals surface area contributed by atoms with Gasteiger partial charge >= 0.3 is 0 Å². The van der Waals surface area contributed by atoms with Crippen molar-refractivity contribution in [2.45, 2.75) is 4.90 Å². The summed E-state index contributed by atoms with van der Waals surface area (Å²) in [7, 11) is -1.79. The number of piperazine rings is 1. The number of likely N-dealkylation sites (N-methyl/N-ethyl adjacent to an activating group) is 1. The van der Waals surface area contributed by atoms with Crippen LogP contribution in [0.2, 0.25) is 0 Å². The number of sulfonamides is 1. The van der Waals surface area contributed by atoms with E-state index in [2.05, 4.69) is 22.2 Å². The van der Waals surface area contributed by atoms with Crippen LogP contribution >= 0.6 is 0 Å². The normalized spacial score (nSPS) is 15.3. The van der Waals surface area contributed by atoms with Crippen LogP contribution in [0.15, 0.2) is 59.5 Å². The monoisotopic (exact) mass is 425 g/mol. The zero-order valence-corrected chi connectivity index (χ0v) is 17.4. The number of para-hydroxylation sites is 1. The Morgan fingerprint density at radius 3 is 2.50 bits per heavy atom. The minimum atomic E-state index is -3.86. The van der Waals surface area contributed by atoms with Crippen molar-refractivity contribution in [3.8, 4) is 0 Å². The molecule has 0 radical (unpaired) electrons. The fourth-order valence-electron chi connectivity index (χ4n) is 3.48. The number of carbonyl (C=O) groups excluding carboxylic acids is 1. The Kier molecular flexibility index (Phi) is 5.42. The van der Waals surface area contributed by atoms with Crippen LogP contribution in [0.4, 0.5) is 11.5 Å². The number of nitrogens with one attached hydrogen (secondary N) is 1. The summed E-state index contributed by atoms with van der Waals surface area (Å²) in [5.41, 5.74) is 1.61. The highest BCUT2D eigenvalue weighted by Gasteiger charge is 2.23. The topological polar surface area (TPSA) is 109 Å². The molecule has 2 heterocycles. The predicted octanol–water partition coefficient (Wildman–Crippen LogP) is 1.89. The zero-order valence-electron chi connectivity index (χ0n) is 16.6. The molecular weight excluding hydrogens is 402 g/mol. The molecule has 30 heavy (non-hydrogen) atoms. The molecule has 4 rings (SSSR count). The van der Waals surface area contributed by atoms with E-state index >= 15 is 0 Å². The Labute approximate surface area is 175 Å². The molecule has 2 aromatic carbocycles. The summed E-state index contributed by atoms with van der Waals surface area (Å²) < 4.78 is 23.2. The van der Waals surface area contributed by atoms with Gasteiger partial charge in [0.1, 0.15) is 5.82 Å². The third-order valence-electron chi connectivity index (χ3n) is 5.17. The second kappa shape index (κ2) is 8.02. The number of nitrogens with two attached hydrogens (primary N) is 1. The largest absolute Gasteiger partial charge is 0.353 e. The van der Waals surface area contributed by atoms with Gasteiger partial charge in [-0.2, -0.15) is 0 Å². The third-order valence-corrected chi connectivity index (χ3v) is 6.08. The molecule has 8 nitrogen and oxygen atoms in total. The summed E-state index contributed by atoms with van der Waals surface area (Å²) in [6.07, 6.45) is 0. The summed E-state index contributed by atoms with van der Waals surface area (Å²) in [6.45, 7) is 3.30. The number of hydrogen-bond donors (Lipinski definition) is 2. The lowest BCUT2D eigenvalue weighted by Gasteiger charge is -2.34. The molecule has 1 aliphatic rings. The Balaban J connectivity index is 1.71. The van der Waals surface area contributed by atoms with E-state index in [0.29, 0.717) is 17.1 Å². The van der Waals surface area contributed by atoms with Gasteiger partial charge in [-0.05, 0) is 37.4 Å². The SMILES string of the molecule is CN1CCN(c2nc3ccccc3cc2C(=O)Nc2cccc(S(N)(=O)=O)c2)CC1. The smallest absolute Gasteiger partial charge is 0.259 e. The molecule has 156 valence electrons. The minimum Gasteiger partial charge on any atom is -0.353 e. The van der Waals surface area contributed by atoms with Gasteiger partial charge in [0, 0.05) is 37.3 Å². The first-order valence-corrected chi connectivity index (χ1v) is 11.1. The van der Waals surface area contributed by atoms with Crippen LogP contribution in [0.1, 0.15) is 10.4 Å². The second-order valence-electron chi connectivity index (χ2n) is 7.37. The Morgan fingerprint density at radius 1 is 1.03 bits per heavy atom. The van der Waals surface area contributed by atoms with E-state index in [1.54, 1.807) is 6.07 Å². The summed E-state index contributed by atoms with van der Waals surface area (Å²) in [6, 6.07) is 15.4. The lowest BCUT2D eigenvalue weighted by atomic mass is 10.1. The molecule has 1 aliphatic heterocycles. The number of fused-ring (bicyclic) bond motifs is 1. The van der Waals surface area contributed by atoms with Crippen LogP contribution < -0.4 is 15.4 Å². The van der Waals surface area contributed by atoms with Gasteiger partial charge in [0.2, 0.25) is 10.0 Å². The molecular formula is C21H23N5O3S. The molecule has 0 spiro atoms. The highest BCUT2D eigenvalue weighted by atomic mass is 32.2. The van der Waals surface area contributed by atoms with Gasteiger partial charge in [-0.1, -0.05) is 24.3 Å². The fourth-order valence-corrected chi connectivity index (χ4v) is 4.04. The van der Waals surface area contributed by atoms with Gasteiger partial charge in [-0.25, -0.2) is 18.5 Å². The minimum absolute atomic E-state index is 0.0590. The lowest BCUT2D eigenvalue weighted by Crippen LogP contribution is -2.45. The van der Waals surface area contributed by atoms with Crippen molar-refractivity contribution in [2.24, 2.45) is 5.14 Å². The van der Waals surface area contributed by atoms with Crippen LogP contribution in [0.3, 0.4) is 0 Å². The summed E-state index contributed by atoms with van der Waals surface area (Å²) >= 11 is 0. The number of benzene rings is 2. The Morgan fingerprint density at radius 2 is 1.77 bits per heavy atom. The molecule has 3 N–H and O–H groups in total. The van der Waals surface area contributed by atoms with Crippen LogP contribution in [0.25, 0.3) is 10.9 Å². The van der Waals surface area contributed by atoms with Crippen LogP contribution in [0, 0.1) is 0 Å². The number of nitrogens with zero attached hydrogens (tertiary/aromatic N) is 3. The van der Waals surface area contributed by atoms with Crippen LogP contribution in [-0.4, -0.2) is 57.4 Å². The van der Waals surface area contributed by atoms with Crippen molar-refractivity contribution in [1.29, 1.82) is 0 Å². The molecule has 1 amide bonds. The second-order valence-corrected chi connectivity index (χ2v) is 8.93. The van der Waals surface area contributed by atoms with Crippen molar-refractivity contribution in [2.75, 3.05) is 43.4 Å². The van der Waals surface area contributed by atoms with Crippen LogP contribution in [0.5, 0.6) is 0 Å². The average molecular weight is 426 g/mol. The maximum absolute atomic E-state index is 13.2. The first kappa shape index (κ1) is 20.3. The Hall–Kier alpha value is -3.01. The van der Waals surface area contributed by atoms with E-state index in [1.165, 1.54) is 18.2 Å². The van der Waals surface area contributed by atoms with Crippen molar-refractivity contribution in [3.05, 3.63) is 60.2 Å². The highest BCUT2D eigenvalue weighted by Crippen LogP contribution is 2.26. The van der Waals surface area contributed by atoms with Gasteiger partial charge in [0.05, 0.1) is 16.0 Å². The van der Waals surface area contributed by atoms with Crippen molar-refractivity contribution >= 4 is 38.3 Å². The first-order chi connectivity index (χ1) is 14.3. The maximum atomic E-state index is 13.2. The number of carbonyl (C=O) groups is 1. The van der Waals surface area contributed by atoms with Crippen LogP contribution in [-0.2, 0) is 10.0 Å². The number of rotatable bonds is 4. The molecule has 3 aromatic rings. The molecule has 0 bridgehead atoms. The van der Waals surface area contributed by atoms with Crippen molar-refractivity contribution < 1.29 is 13.2 Å². The standard InChI is InChI=1S/C21H23N5O3S/c1-25-9-11-26(12-10-25)20-18(13-15-5-2-3-8-19(15)24-20)21(27)23-16-6-4-7-17(14-16)30(22,28)29/h2-8,13-14H,9-12H2,1H3,(H,23,27)(H2,22,28,29). The van der Waals surface area contributed by atoms with E-state index < -0.39 is 10.0 Å². The highest BCUT2D eigenvalue weighted by molar-refractivity contribution is 7.89. The molecule has 0 atom stereocenters. The summed E-state index contributed by atoms with van der Waals surface area (Å²) in [5, 5.41) is 8.85. The molecule has 1 aromatic heterocycles. The molecule has 1 fully saturated rings. The van der Waals surface area contributed by atoms with Gasteiger partial charge < -0.3 is 15.1 Å². The molecule has 0 aliphatic carbocycles. The summed E-state index contributed by atoms with van der Waals surface area (Å²) in [5.74, 6) is 0.274. The van der Waals surface area contributed by atoms with Gasteiger partial charge in [-0.15, -0.1) is 0 Å². The lowest BCUT2D eigenvalue weighted by molar-refractivity contribution is 0.102. The fraction of sp³-hybridized carbons (Fsp3) is 0.238. The number of pyridine rings is 1. The molecule has 0 unspecified atom stereocenters. The average Bonchev–Trinajstić information content (AvgIpc) is 2.73. The quantitative estimate of drug-likeness (QED) is 0.661. The van der Waals surface area contributed by atoms with Gasteiger partial charge in [0.25, 0.3) is 5.91 Å². The number of amides is 1. The van der Waals surface area contributed by atoms with E-state index in [9.17, 15) is 13.2 Å². The molecule has 9 heteroatoms.